The van der Waals surface area contributed by atoms with Gasteiger partial charge in [0.2, 0.25) is 0 Å². The number of nitriles is 1. The maximum Gasteiger partial charge on any atom is 0.335 e. The Morgan fingerprint density at radius 1 is 1.33 bits per heavy atom. The van der Waals surface area contributed by atoms with Gasteiger partial charge in [0, 0.05) is 23.5 Å². The van der Waals surface area contributed by atoms with Gasteiger partial charge in [-0.15, -0.1) is 0 Å². The molecule has 0 fully saturated rings. The van der Waals surface area contributed by atoms with Gasteiger partial charge in [0.15, 0.2) is 0 Å². The number of hydrogen-bond acceptors (Lipinski definition) is 3. The fraction of sp³-hybridized carbons (Fsp3) is 0. The average molecular weight is 242 g/mol. The lowest BCUT2D eigenvalue weighted by Gasteiger charge is -2.04. The zero-order valence-electron chi connectivity index (χ0n) is 9.09. The summed E-state index contributed by atoms with van der Waals surface area (Å²) in [5.74, 6) is -1.70. The second-order valence-corrected chi connectivity index (χ2v) is 3.57. The van der Waals surface area contributed by atoms with Crippen molar-refractivity contribution in [3.63, 3.8) is 0 Å². The van der Waals surface area contributed by atoms with E-state index in [-0.39, 0.29) is 16.7 Å². The molecule has 0 atom stereocenters. The zero-order chi connectivity index (χ0) is 13.1. The zero-order valence-corrected chi connectivity index (χ0v) is 9.09. The molecule has 0 aliphatic carbocycles. The lowest BCUT2D eigenvalue weighted by molar-refractivity contribution is 0.0697. The molecule has 0 unspecified atom stereocenters. The second kappa shape index (κ2) is 4.63. The predicted molar refractivity (Wildman–Crippen MR) is 61.3 cm³/mol. The van der Waals surface area contributed by atoms with E-state index < -0.39 is 11.8 Å². The highest BCUT2D eigenvalue weighted by molar-refractivity contribution is 5.89. The number of hydrogen-bond donors (Lipinski definition) is 1. The normalized spacial score (nSPS) is 9.78. The van der Waals surface area contributed by atoms with Gasteiger partial charge >= 0.3 is 5.97 Å². The number of aromatic nitrogens is 1. The van der Waals surface area contributed by atoms with Crippen LogP contribution in [0.15, 0.2) is 36.7 Å². The quantitative estimate of drug-likeness (QED) is 0.877. The minimum absolute atomic E-state index is 0.0197. The molecule has 2 aromatic rings. The number of benzene rings is 1. The molecular weight excluding hydrogens is 235 g/mol. The Morgan fingerprint density at radius 2 is 2.11 bits per heavy atom. The van der Waals surface area contributed by atoms with Gasteiger partial charge in [0.25, 0.3) is 0 Å². The maximum absolute atomic E-state index is 13.7. The lowest BCUT2D eigenvalue weighted by Crippen LogP contribution is -1.98. The van der Waals surface area contributed by atoms with Gasteiger partial charge in [-0.2, -0.15) is 5.26 Å². The summed E-state index contributed by atoms with van der Waals surface area (Å²) in [5.41, 5.74) is 0.746. The highest BCUT2D eigenvalue weighted by Gasteiger charge is 2.10. The van der Waals surface area contributed by atoms with Crippen LogP contribution in [0.1, 0.15) is 15.9 Å². The lowest BCUT2D eigenvalue weighted by atomic mass is 10.0. The molecule has 1 heterocycles. The number of carboxylic acid groups (broad SMARTS) is 1. The van der Waals surface area contributed by atoms with E-state index in [1.165, 1.54) is 30.6 Å². The molecule has 88 valence electrons. The number of nitrogens with zero attached hydrogens (tertiary/aromatic N) is 2. The van der Waals surface area contributed by atoms with Crippen LogP contribution in [0.2, 0.25) is 0 Å². The summed E-state index contributed by atoms with van der Waals surface area (Å²) >= 11 is 0. The Hall–Kier alpha value is -2.74. The number of halogens is 1. The van der Waals surface area contributed by atoms with Crippen LogP contribution in [-0.2, 0) is 0 Å². The van der Waals surface area contributed by atoms with E-state index in [2.05, 4.69) is 4.98 Å². The van der Waals surface area contributed by atoms with Gasteiger partial charge in [-0.3, -0.25) is 4.98 Å². The molecule has 1 N–H and O–H groups in total. The summed E-state index contributed by atoms with van der Waals surface area (Å²) < 4.78 is 13.7. The molecular formula is C13H7FN2O2. The molecule has 1 aromatic carbocycles. The Bertz CT molecular complexity index is 662. The van der Waals surface area contributed by atoms with Crippen LogP contribution in [-0.4, -0.2) is 16.1 Å². The van der Waals surface area contributed by atoms with Gasteiger partial charge in [0.05, 0.1) is 11.1 Å². The van der Waals surface area contributed by atoms with E-state index in [4.69, 9.17) is 10.4 Å². The van der Waals surface area contributed by atoms with Crippen molar-refractivity contribution in [2.24, 2.45) is 0 Å². The summed E-state index contributed by atoms with van der Waals surface area (Å²) in [4.78, 5) is 14.6. The predicted octanol–water partition coefficient (Wildman–Crippen LogP) is 2.46. The van der Waals surface area contributed by atoms with Crippen molar-refractivity contribution in [3.8, 4) is 17.2 Å². The first-order valence-corrected chi connectivity index (χ1v) is 5.00. The van der Waals surface area contributed by atoms with Crippen LogP contribution >= 0.6 is 0 Å². The van der Waals surface area contributed by atoms with Crippen LogP contribution in [0.5, 0.6) is 0 Å². The minimum atomic E-state index is -1.14. The molecule has 4 nitrogen and oxygen atoms in total. The standard InChI is InChI=1S/C13H7FN2O2/c14-12-2-1-9(13(17)18)4-11(12)10-3-8(5-15)6-16-7-10/h1-4,6-7H,(H,17,18). The Labute approximate surface area is 102 Å². The third kappa shape index (κ3) is 2.18. The monoisotopic (exact) mass is 242 g/mol. The van der Waals surface area contributed by atoms with Crippen molar-refractivity contribution in [2.45, 2.75) is 0 Å². The second-order valence-electron chi connectivity index (χ2n) is 3.57. The van der Waals surface area contributed by atoms with Crippen molar-refractivity contribution in [1.29, 1.82) is 5.26 Å². The fourth-order valence-corrected chi connectivity index (χ4v) is 1.53. The van der Waals surface area contributed by atoms with E-state index in [9.17, 15) is 9.18 Å². The van der Waals surface area contributed by atoms with Crippen molar-refractivity contribution in [3.05, 3.63) is 53.6 Å². The van der Waals surface area contributed by atoms with Crippen molar-refractivity contribution in [2.75, 3.05) is 0 Å². The molecule has 18 heavy (non-hydrogen) atoms. The molecule has 0 saturated heterocycles. The van der Waals surface area contributed by atoms with Crippen molar-refractivity contribution < 1.29 is 14.3 Å². The molecule has 0 spiro atoms. The average Bonchev–Trinajstić information content (AvgIpc) is 2.39. The fourth-order valence-electron chi connectivity index (χ4n) is 1.53. The molecule has 0 amide bonds. The Balaban J connectivity index is 2.59. The number of rotatable bonds is 2. The van der Waals surface area contributed by atoms with Crippen molar-refractivity contribution in [1.82, 2.24) is 4.98 Å². The first kappa shape index (κ1) is 11.7. The summed E-state index contributed by atoms with van der Waals surface area (Å²) in [7, 11) is 0. The Kier molecular flexibility index (Phi) is 3.02. The molecule has 0 aliphatic heterocycles. The van der Waals surface area contributed by atoms with Crippen LogP contribution < -0.4 is 0 Å². The number of carbonyl (C=O) groups is 1. The van der Waals surface area contributed by atoms with Gasteiger partial charge in [-0.1, -0.05) is 0 Å². The van der Waals surface area contributed by atoms with Gasteiger partial charge < -0.3 is 5.11 Å². The molecule has 5 heteroatoms. The van der Waals surface area contributed by atoms with Crippen LogP contribution in [0.4, 0.5) is 4.39 Å². The summed E-state index contributed by atoms with van der Waals surface area (Å²) in [6.45, 7) is 0. The largest absolute Gasteiger partial charge is 0.478 e. The van der Waals surface area contributed by atoms with E-state index >= 15 is 0 Å². The summed E-state index contributed by atoms with van der Waals surface area (Å²) in [6, 6.07) is 6.83. The SMILES string of the molecule is N#Cc1cncc(-c2cc(C(=O)O)ccc2F)c1. The molecule has 2 rings (SSSR count). The van der Waals surface area contributed by atoms with Crippen LogP contribution in [0.25, 0.3) is 11.1 Å². The minimum Gasteiger partial charge on any atom is -0.478 e. The third-order valence-corrected chi connectivity index (χ3v) is 2.39. The maximum atomic E-state index is 13.7. The van der Waals surface area contributed by atoms with E-state index in [0.717, 1.165) is 6.07 Å². The molecule has 0 saturated carbocycles. The van der Waals surface area contributed by atoms with E-state index in [1.807, 2.05) is 6.07 Å². The molecule has 0 bridgehead atoms. The van der Waals surface area contributed by atoms with Gasteiger partial charge in [0.1, 0.15) is 11.9 Å². The first-order valence-electron chi connectivity index (χ1n) is 5.00. The number of pyridine rings is 1. The van der Waals surface area contributed by atoms with Crippen molar-refractivity contribution >= 4 is 5.97 Å². The van der Waals surface area contributed by atoms with Gasteiger partial charge in [-0.25, -0.2) is 9.18 Å². The highest BCUT2D eigenvalue weighted by atomic mass is 19.1. The molecule has 1 aromatic heterocycles. The summed E-state index contributed by atoms with van der Waals surface area (Å²) in [5, 5.41) is 17.6. The topological polar surface area (TPSA) is 74.0 Å². The van der Waals surface area contributed by atoms with E-state index in [0.29, 0.717) is 5.56 Å². The van der Waals surface area contributed by atoms with Crippen LogP contribution in [0, 0.1) is 17.1 Å². The van der Waals surface area contributed by atoms with Crippen LogP contribution in [0.3, 0.4) is 0 Å². The summed E-state index contributed by atoms with van der Waals surface area (Å²) in [6.07, 6.45) is 2.73. The molecule has 0 aliphatic rings. The highest BCUT2D eigenvalue weighted by Crippen LogP contribution is 2.24. The Morgan fingerprint density at radius 3 is 2.78 bits per heavy atom. The van der Waals surface area contributed by atoms with Gasteiger partial charge in [-0.05, 0) is 24.3 Å². The first-order chi connectivity index (χ1) is 8.61. The molecule has 0 radical (unpaired) electrons. The van der Waals surface area contributed by atoms with E-state index in [1.54, 1.807) is 0 Å². The third-order valence-electron chi connectivity index (χ3n) is 2.39. The number of aromatic carboxylic acids is 1. The number of carboxylic acids is 1. The smallest absolute Gasteiger partial charge is 0.335 e.